The Balaban J connectivity index is 2.05. The summed E-state index contributed by atoms with van der Waals surface area (Å²) < 4.78 is 5.54. The van der Waals surface area contributed by atoms with E-state index in [-0.39, 0.29) is 12.0 Å². The maximum absolute atomic E-state index is 12.1. The van der Waals surface area contributed by atoms with E-state index in [0.717, 1.165) is 12.0 Å². The summed E-state index contributed by atoms with van der Waals surface area (Å²) in [5.74, 6) is -0.172. The Kier molecular flexibility index (Phi) is 4.15. The van der Waals surface area contributed by atoms with E-state index in [9.17, 15) is 4.79 Å². The van der Waals surface area contributed by atoms with Gasteiger partial charge >= 0.3 is 0 Å². The Morgan fingerprint density at radius 1 is 1.58 bits per heavy atom. The zero-order chi connectivity index (χ0) is 13.8. The second-order valence-electron chi connectivity index (χ2n) is 4.69. The molecule has 5 heteroatoms. The van der Waals surface area contributed by atoms with Crippen LogP contribution in [0.2, 0.25) is 0 Å². The highest BCUT2D eigenvalue weighted by molar-refractivity contribution is 5.95. The minimum Gasteiger partial charge on any atom is -0.364 e. The van der Waals surface area contributed by atoms with E-state index >= 15 is 0 Å². The lowest BCUT2D eigenvalue weighted by Crippen LogP contribution is -2.30. The number of aryl methyl sites for hydroxylation is 1. The summed E-state index contributed by atoms with van der Waals surface area (Å²) in [6.45, 7) is 2.32. The van der Waals surface area contributed by atoms with Crippen LogP contribution in [0, 0.1) is 18.3 Å². The van der Waals surface area contributed by atoms with Crippen molar-refractivity contribution in [3.63, 3.8) is 0 Å². The summed E-state index contributed by atoms with van der Waals surface area (Å²) in [5, 5.41) is 11.7. The van der Waals surface area contributed by atoms with Gasteiger partial charge in [-0.25, -0.2) is 0 Å². The third-order valence-electron chi connectivity index (χ3n) is 3.29. The van der Waals surface area contributed by atoms with E-state index in [1.54, 1.807) is 12.1 Å². The first-order chi connectivity index (χ1) is 9.13. The van der Waals surface area contributed by atoms with Gasteiger partial charge in [-0.05, 0) is 37.5 Å². The number of carbonyl (C=O) groups is 1. The number of hydrogen-bond acceptors (Lipinski definition) is 4. The predicted molar refractivity (Wildman–Crippen MR) is 71.5 cm³/mol. The van der Waals surface area contributed by atoms with Crippen LogP contribution < -0.4 is 11.1 Å². The van der Waals surface area contributed by atoms with Gasteiger partial charge in [-0.2, -0.15) is 5.26 Å². The Labute approximate surface area is 112 Å². The van der Waals surface area contributed by atoms with Crippen LogP contribution in [0.4, 0.5) is 5.69 Å². The number of amides is 1. The number of carbonyl (C=O) groups excluding carboxylic acids is 1. The van der Waals surface area contributed by atoms with Gasteiger partial charge in [-0.3, -0.25) is 4.79 Å². The van der Waals surface area contributed by atoms with Gasteiger partial charge in [0, 0.05) is 12.2 Å². The smallest absolute Gasteiger partial charge is 0.253 e. The highest BCUT2D eigenvalue weighted by Gasteiger charge is 2.29. The van der Waals surface area contributed by atoms with Crippen LogP contribution in [0.5, 0.6) is 0 Å². The van der Waals surface area contributed by atoms with Crippen molar-refractivity contribution in [3.8, 4) is 6.07 Å². The number of nitrogens with two attached hydrogens (primary N) is 1. The molecule has 2 rings (SSSR count). The molecule has 1 aromatic carbocycles. The van der Waals surface area contributed by atoms with E-state index in [0.29, 0.717) is 24.2 Å². The maximum atomic E-state index is 12.1. The van der Waals surface area contributed by atoms with Gasteiger partial charge in [0.15, 0.2) is 0 Å². The number of nitrogens with zero attached hydrogens (tertiary/aromatic N) is 1. The third-order valence-corrected chi connectivity index (χ3v) is 3.29. The number of nitrogens with one attached hydrogen (secondary N) is 1. The summed E-state index contributed by atoms with van der Waals surface area (Å²) >= 11 is 0. The molecule has 2 unspecified atom stereocenters. The van der Waals surface area contributed by atoms with Crippen LogP contribution in [-0.4, -0.2) is 24.7 Å². The average Bonchev–Trinajstić information content (AvgIpc) is 2.90. The highest BCUT2D eigenvalue weighted by atomic mass is 16.5. The summed E-state index contributed by atoms with van der Waals surface area (Å²) in [5.41, 5.74) is 7.61. The van der Waals surface area contributed by atoms with Crippen molar-refractivity contribution < 1.29 is 9.53 Å². The molecule has 0 aromatic heterocycles. The normalized spacial score (nSPS) is 21.9. The number of hydrogen-bond donors (Lipinski definition) is 2. The summed E-state index contributed by atoms with van der Waals surface area (Å²) in [7, 11) is 0. The van der Waals surface area contributed by atoms with Crippen LogP contribution in [0.25, 0.3) is 0 Å². The van der Waals surface area contributed by atoms with Gasteiger partial charge in [0.05, 0.1) is 17.7 Å². The molecule has 1 aliphatic rings. The molecule has 1 aromatic rings. The zero-order valence-electron chi connectivity index (χ0n) is 10.8. The van der Waals surface area contributed by atoms with E-state index in [1.165, 1.54) is 0 Å². The van der Waals surface area contributed by atoms with Gasteiger partial charge in [0.25, 0.3) is 5.91 Å². The Morgan fingerprint density at radius 3 is 3.00 bits per heavy atom. The van der Waals surface area contributed by atoms with Crippen LogP contribution in [0.1, 0.15) is 24.0 Å². The van der Waals surface area contributed by atoms with E-state index in [2.05, 4.69) is 11.4 Å². The number of nitriles is 1. The zero-order valence-corrected chi connectivity index (χ0v) is 10.8. The summed E-state index contributed by atoms with van der Waals surface area (Å²) in [6.07, 6.45) is 1.03. The number of benzene rings is 1. The molecule has 0 aliphatic carbocycles. The lowest BCUT2D eigenvalue weighted by Gasteiger charge is -2.14. The predicted octanol–water partition coefficient (Wildman–Crippen LogP) is 1.31. The molecule has 1 fully saturated rings. The fourth-order valence-corrected chi connectivity index (χ4v) is 2.11. The van der Waals surface area contributed by atoms with Crippen molar-refractivity contribution in [3.05, 3.63) is 29.3 Å². The van der Waals surface area contributed by atoms with Crippen LogP contribution in [-0.2, 0) is 9.53 Å². The minimum absolute atomic E-state index is 0.0257. The molecule has 5 nitrogen and oxygen atoms in total. The fraction of sp³-hybridized carbons (Fsp3) is 0.429. The van der Waals surface area contributed by atoms with E-state index < -0.39 is 6.10 Å². The standard InChI is InChI=1S/C14H17N3O2/c1-9-2-3-10(7-15)6-12(9)17-14(18)13-5-4-11(8-16)19-13/h2-3,6,11,13H,4-5,8,16H2,1H3,(H,17,18). The first-order valence-electron chi connectivity index (χ1n) is 6.31. The van der Waals surface area contributed by atoms with Crippen molar-refractivity contribution >= 4 is 11.6 Å². The Morgan fingerprint density at radius 2 is 2.37 bits per heavy atom. The Bertz CT molecular complexity index is 522. The first-order valence-corrected chi connectivity index (χ1v) is 6.31. The van der Waals surface area contributed by atoms with Gasteiger partial charge < -0.3 is 15.8 Å². The molecule has 1 heterocycles. The summed E-state index contributed by atoms with van der Waals surface area (Å²) in [4.78, 5) is 12.1. The minimum atomic E-state index is -0.446. The van der Waals surface area contributed by atoms with E-state index in [4.69, 9.17) is 15.7 Å². The molecular weight excluding hydrogens is 242 g/mol. The highest BCUT2D eigenvalue weighted by Crippen LogP contribution is 2.22. The number of rotatable bonds is 3. The van der Waals surface area contributed by atoms with Crippen LogP contribution in [0.3, 0.4) is 0 Å². The molecular formula is C14H17N3O2. The molecule has 1 saturated heterocycles. The van der Waals surface area contributed by atoms with Crippen LogP contribution in [0.15, 0.2) is 18.2 Å². The fourth-order valence-electron chi connectivity index (χ4n) is 2.11. The molecule has 0 spiro atoms. The SMILES string of the molecule is Cc1ccc(C#N)cc1NC(=O)C1CCC(CN)O1. The molecule has 0 radical (unpaired) electrons. The van der Waals surface area contributed by atoms with Gasteiger partial charge in [-0.15, -0.1) is 0 Å². The Hall–Kier alpha value is -1.90. The number of ether oxygens (including phenoxy) is 1. The van der Waals surface area contributed by atoms with Gasteiger partial charge in [-0.1, -0.05) is 6.07 Å². The quantitative estimate of drug-likeness (QED) is 0.856. The van der Waals surface area contributed by atoms with Crippen molar-refractivity contribution in [1.29, 1.82) is 5.26 Å². The van der Waals surface area contributed by atoms with Crippen molar-refractivity contribution in [2.24, 2.45) is 5.73 Å². The molecule has 1 amide bonds. The van der Waals surface area contributed by atoms with Crippen LogP contribution >= 0.6 is 0 Å². The maximum Gasteiger partial charge on any atom is 0.253 e. The monoisotopic (exact) mass is 259 g/mol. The molecule has 100 valence electrons. The van der Waals surface area contributed by atoms with E-state index in [1.807, 2.05) is 13.0 Å². The summed E-state index contributed by atoms with van der Waals surface area (Å²) in [6, 6.07) is 7.26. The molecule has 3 N–H and O–H groups in total. The van der Waals surface area contributed by atoms with Crippen molar-refractivity contribution in [2.45, 2.75) is 32.0 Å². The average molecular weight is 259 g/mol. The molecule has 1 aliphatic heterocycles. The topological polar surface area (TPSA) is 88.1 Å². The molecule has 2 atom stereocenters. The number of anilines is 1. The molecule has 0 saturated carbocycles. The second kappa shape index (κ2) is 5.83. The molecule has 19 heavy (non-hydrogen) atoms. The lowest BCUT2D eigenvalue weighted by molar-refractivity contribution is -0.126. The van der Waals surface area contributed by atoms with Crippen molar-refractivity contribution in [1.82, 2.24) is 0 Å². The third kappa shape index (κ3) is 3.11. The second-order valence-corrected chi connectivity index (χ2v) is 4.69. The van der Waals surface area contributed by atoms with Gasteiger partial charge in [0.2, 0.25) is 0 Å². The lowest BCUT2D eigenvalue weighted by atomic mass is 10.1. The largest absolute Gasteiger partial charge is 0.364 e. The first kappa shape index (κ1) is 13.5. The van der Waals surface area contributed by atoms with Gasteiger partial charge in [0.1, 0.15) is 6.10 Å². The molecule has 0 bridgehead atoms. The van der Waals surface area contributed by atoms with Crippen molar-refractivity contribution in [2.75, 3.05) is 11.9 Å².